The molecule has 0 unspecified atom stereocenters. The summed E-state index contributed by atoms with van der Waals surface area (Å²) >= 11 is 3.20. The van der Waals surface area contributed by atoms with Gasteiger partial charge in [-0.05, 0) is 34.8 Å². The van der Waals surface area contributed by atoms with Gasteiger partial charge < -0.3 is 5.73 Å². The zero-order valence-electron chi connectivity index (χ0n) is 8.51. The van der Waals surface area contributed by atoms with Crippen LogP contribution in [0.15, 0.2) is 27.8 Å². The minimum atomic E-state index is -3.49. The van der Waals surface area contributed by atoms with E-state index < -0.39 is 16.2 Å². The molecule has 0 radical (unpaired) electrons. The lowest BCUT2D eigenvalue weighted by atomic mass is 10.3. The SMILES string of the molecule is N[C@@H]1CCCN1S(=O)(=O)c1cncc(Br)c1. The van der Waals surface area contributed by atoms with E-state index in [0.717, 1.165) is 6.42 Å². The Morgan fingerprint density at radius 1 is 1.50 bits per heavy atom. The van der Waals surface area contributed by atoms with Gasteiger partial charge in [0.05, 0.1) is 6.17 Å². The van der Waals surface area contributed by atoms with Crippen LogP contribution in [0.25, 0.3) is 0 Å². The molecule has 1 aromatic heterocycles. The maximum absolute atomic E-state index is 12.2. The van der Waals surface area contributed by atoms with Crippen LogP contribution in [0.2, 0.25) is 0 Å². The van der Waals surface area contributed by atoms with Crippen molar-refractivity contribution >= 4 is 26.0 Å². The highest BCUT2D eigenvalue weighted by molar-refractivity contribution is 9.10. The molecule has 0 amide bonds. The molecule has 88 valence electrons. The summed E-state index contributed by atoms with van der Waals surface area (Å²) in [6.07, 6.45) is 3.99. The van der Waals surface area contributed by atoms with Crippen LogP contribution >= 0.6 is 15.9 Å². The van der Waals surface area contributed by atoms with Crippen LogP contribution in [0.1, 0.15) is 12.8 Å². The first-order valence-corrected chi connectivity index (χ1v) is 7.13. The summed E-state index contributed by atoms with van der Waals surface area (Å²) in [5, 5.41) is 0. The third kappa shape index (κ3) is 2.13. The molecular weight excluding hydrogens is 294 g/mol. The summed E-state index contributed by atoms with van der Waals surface area (Å²) in [6, 6.07) is 1.54. The number of nitrogens with two attached hydrogens (primary N) is 1. The predicted octanol–water partition coefficient (Wildman–Crippen LogP) is 0.913. The van der Waals surface area contributed by atoms with E-state index in [9.17, 15) is 8.42 Å². The molecule has 2 N–H and O–H groups in total. The van der Waals surface area contributed by atoms with Crippen LogP contribution < -0.4 is 5.73 Å². The summed E-state index contributed by atoms with van der Waals surface area (Å²) in [5.74, 6) is 0. The summed E-state index contributed by atoms with van der Waals surface area (Å²) in [6.45, 7) is 0.482. The standard InChI is InChI=1S/C9H12BrN3O2S/c10-7-4-8(6-12-5-7)16(14,15)13-3-1-2-9(13)11/h4-6,9H,1-3,11H2/t9-/m0/s1. The Balaban J connectivity index is 2.39. The average Bonchev–Trinajstić information content (AvgIpc) is 2.65. The molecule has 1 atom stereocenters. The van der Waals surface area contributed by atoms with Crippen LogP contribution in [0.4, 0.5) is 0 Å². The second kappa shape index (κ2) is 4.40. The molecule has 2 rings (SSSR count). The van der Waals surface area contributed by atoms with Gasteiger partial charge in [0.25, 0.3) is 0 Å². The van der Waals surface area contributed by atoms with Gasteiger partial charge in [-0.25, -0.2) is 8.42 Å². The Kier molecular flexibility index (Phi) is 3.29. The van der Waals surface area contributed by atoms with Crippen LogP contribution in [-0.4, -0.2) is 30.4 Å². The molecule has 1 aliphatic heterocycles. The molecule has 2 heterocycles. The average molecular weight is 306 g/mol. The Morgan fingerprint density at radius 3 is 2.81 bits per heavy atom. The first-order chi connectivity index (χ1) is 7.51. The van der Waals surface area contributed by atoms with Crippen LogP contribution in [0.3, 0.4) is 0 Å². The Hall–Kier alpha value is -0.500. The first kappa shape index (κ1) is 12.0. The number of hydrogen-bond donors (Lipinski definition) is 1. The predicted molar refractivity (Wildman–Crippen MR) is 63.0 cm³/mol. The van der Waals surface area contributed by atoms with Gasteiger partial charge in [0.15, 0.2) is 0 Å². The van der Waals surface area contributed by atoms with Crippen molar-refractivity contribution in [3.63, 3.8) is 0 Å². The molecule has 0 aliphatic carbocycles. The first-order valence-electron chi connectivity index (χ1n) is 4.90. The maximum atomic E-state index is 12.2. The van der Waals surface area contributed by atoms with Crippen LogP contribution in [0.5, 0.6) is 0 Å². The van der Waals surface area contributed by atoms with Crippen molar-refractivity contribution in [1.29, 1.82) is 0 Å². The topological polar surface area (TPSA) is 76.3 Å². The normalized spacial score (nSPS) is 22.5. The highest BCUT2D eigenvalue weighted by atomic mass is 79.9. The van der Waals surface area contributed by atoms with Crippen LogP contribution in [0, 0.1) is 0 Å². The molecular formula is C9H12BrN3O2S. The van der Waals surface area contributed by atoms with Gasteiger partial charge >= 0.3 is 0 Å². The van der Waals surface area contributed by atoms with Crippen molar-refractivity contribution < 1.29 is 8.42 Å². The summed E-state index contributed by atoms with van der Waals surface area (Å²) in [4.78, 5) is 4.03. The number of nitrogens with zero attached hydrogens (tertiary/aromatic N) is 2. The van der Waals surface area contributed by atoms with Gasteiger partial charge in [-0.1, -0.05) is 0 Å². The number of rotatable bonds is 2. The largest absolute Gasteiger partial charge is 0.315 e. The van der Waals surface area contributed by atoms with Crippen LogP contribution in [-0.2, 0) is 10.0 Å². The fourth-order valence-electron chi connectivity index (χ4n) is 1.73. The molecule has 16 heavy (non-hydrogen) atoms. The van der Waals surface area contributed by atoms with E-state index in [1.165, 1.54) is 16.6 Å². The monoisotopic (exact) mass is 305 g/mol. The fourth-order valence-corrected chi connectivity index (χ4v) is 3.82. The van der Waals surface area contributed by atoms with Crippen molar-refractivity contribution in [3.05, 3.63) is 22.9 Å². The van der Waals surface area contributed by atoms with E-state index >= 15 is 0 Å². The molecule has 5 nitrogen and oxygen atoms in total. The van der Waals surface area contributed by atoms with Crippen molar-refractivity contribution in [1.82, 2.24) is 9.29 Å². The Labute approximate surface area is 103 Å². The van der Waals surface area contributed by atoms with Crippen molar-refractivity contribution in [2.75, 3.05) is 6.54 Å². The van der Waals surface area contributed by atoms with E-state index in [1.807, 2.05) is 0 Å². The molecule has 0 spiro atoms. The lowest BCUT2D eigenvalue weighted by Gasteiger charge is -2.20. The van der Waals surface area contributed by atoms with Crippen molar-refractivity contribution in [2.45, 2.75) is 23.9 Å². The van der Waals surface area contributed by atoms with Gasteiger partial charge in [0, 0.05) is 23.4 Å². The molecule has 7 heteroatoms. The highest BCUT2D eigenvalue weighted by Gasteiger charge is 2.33. The molecule has 1 aliphatic rings. The molecule has 0 bridgehead atoms. The number of pyridine rings is 1. The van der Waals surface area contributed by atoms with Crippen molar-refractivity contribution in [3.8, 4) is 0 Å². The number of sulfonamides is 1. The van der Waals surface area contributed by atoms with E-state index in [4.69, 9.17) is 5.73 Å². The second-order valence-corrected chi connectivity index (χ2v) is 6.47. The lowest BCUT2D eigenvalue weighted by molar-refractivity contribution is 0.396. The van der Waals surface area contributed by atoms with Crippen molar-refractivity contribution in [2.24, 2.45) is 5.73 Å². The zero-order valence-corrected chi connectivity index (χ0v) is 10.9. The third-order valence-corrected chi connectivity index (χ3v) is 4.86. The van der Waals surface area contributed by atoms with Gasteiger partial charge in [-0.3, -0.25) is 4.98 Å². The third-order valence-electron chi connectivity index (χ3n) is 2.53. The smallest absolute Gasteiger partial charge is 0.246 e. The van der Waals surface area contributed by atoms with E-state index in [2.05, 4.69) is 20.9 Å². The number of aromatic nitrogens is 1. The van der Waals surface area contributed by atoms with Gasteiger partial charge in [-0.2, -0.15) is 4.31 Å². The molecule has 0 saturated carbocycles. The molecule has 1 saturated heterocycles. The number of hydrogen-bond acceptors (Lipinski definition) is 4. The van der Waals surface area contributed by atoms with E-state index in [-0.39, 0.29) is 4.90 Å². The fraction of sp³-hybridized carbons (Fsp3) is 0.444. The zero-order chi connectivity index (χ0) is 11.8. The highest BCUT2D eigenvalue weighted by Crippen LogP contribution is 2.24. The van der Waals surface area contributed by atoms with E-state index in [0.29, 0.717) is 17.4 Å². The maximum Gasteiger partial charge on any atom is 0.246 e. The quantitative estimate of drug-likeness (QED) is 0.881. The Bertz CT molecular complexity index is 491. The Morgan fingerprint density at radius 2 is 2.25 bits per heavy atom. The molecule has 1 fully saturated rings. The van der Waals surface area contributed by atoms with Gasteiger partial charge in [0.2, 0.25) is 10.0 Å². The lowest BCUT2D eigenvalue weighted by Crippen LogP contribution is -2.40. The van der Waals surface area contributed by atoms with E-state index in [1.54, 1.807) is 6.20 Å². The summed E-state index contributed by atoms with van der Waals surface area (Å²) < 4.78 is 26.3. The van der Waals surface area contributed by atoms with Gasteiger partial charge in [-0.15, -0.1) is 0 Å². The number of halogens is 1. The molecule has 0 aromatic carbocycles. The van der Waals surface area contributed by atoms with Gasteiger partial charge in [0.1, 0.15) is 4.90 Å². The minimum absolute atomic E-state index is 0.180. The minimum Gasteiger partial charge on any atom is -0.315 e. The second-order valence-electron chi connectivity index (χ2n) is 3.66. The summed E-state index contributed by atoms with van der Waals surface area (Å²) in [5.41, 5.74) is 5.76. The summed E-state index contributed by atoms with van der Waals surface area (Å²) in [7, 11) is -3.49. The molecule has 1 aromatic rings.